The zero-order chi connectivity index (χ0) is 18.6. The summed E-state index contributed by atoms with van der Waals surface area (Å²) in [5.74, 6) is 0. The van der Waals surface area contributed by atoms with Crippen LogP contribution in [0.2, 0.25) is 0 Å². The summed E-state index contributed by atoms with van der Waals surface area (Å²) in [5.41, 5.74) is 0. The Bertz CT molecular complexity index is 788. The molecule has 134 valence electrons. The zero-order valence-electron chi connectivity index (χ0n) is 13.5. The highest BCUT2D eigenvalue weighted by Crippen LogP contribution is 2.74. The van der Waals surface area contributed by atoms with Crippen molar-refractivity contribution in [1.82, 2.24) is 0 Å². The monoisotopic (exact) mass is 564 g/mol. The summed E-state index contributed by atoms with van der Waals surface area (Å²) in [4.78, 5) is 0. The van der Waals surface area contributed by atoms with Crippen LogP contribution in [0.1, 0.15) is 0 Å². The Morgan fingerprint density at radius 1 is 0.615 bits per heavy atom. The molecule has 0 amide bonds. The second-order valence-electron chi connectivity index (χ2n) is 5.44. The molecule has 0 nitrogen and oxygen atoms in total. The Morgan fingerprint density at radius 2 is 0.923 bits per heavy atom. The van der Waals surface area contributed by atoms with Crippen LogP contribution in [0.15, 0.2) is 91.0 Å². The van der Waals surface area contributed by atoms with Gasteiger partial charge < -0.3 is 0 Å². The van der Waals surface area contributed by atoms with E-state index < -0.39 is 18.8 Å². The molecule has 26 heavy (non-hydrogen) atoms. The molecule has 3 aromatic carbocycles. The van der Waals surface area contributed by atoms with E-state index in [1.807, 2.05) is 18.2 Å². The van der Waals surface area contributed by atoms with Gasteiger partial charge in [0.05, 0.1) is 5.33 Å². The number of hydrogen-bond acceptors (Lipinski definition) is 0. The van der Waals surface area contributed by atoms with Gasteiger partial charge in [-0.05, 0) is 53.8 Å². The second kappa shape index (κ2) is 9.71. The highest BCUT2D eigenvalue weighted by molar-refractivity contribution is 9.71. The van der Waals surface area contributed by atoms with Crippen molar-refractivity contribution in [1.29, 1.82) is 0 Å². The fourth-order valence-electron chi connectivity index (χ4n) is 3.03. The molecule has 0 spiro atoms. The van der Waals surface area contributed by atoms with E-state index in [1.54, 1.807) is 0 Å². The normalized spacial score (nSPS) is 11.8. The van der Waals surface area contributed by atoms with E-state index in [0.29, 0.717) is 0 Å². The van der Waals surface area contributed by atoms with Crippen molar-refractivity contribution in [3.63, 3.8) is 0 Å². The average Bonchev–Trinajstić information content (AvgIpc) is 2.67. The van der Waals surface area contributed by atoms with Crippen LogP contribution >= 0.6 is 72.3 Å². The fraction of sp³-hybridized carbons (Fsp3) is 0. The Kier molecular flexibility index (Phi) is 7.88. The summed E-state index contributed by atoms with van der Waals surface area (Å²) in [6, 6.07) is 31.8. The Hall–Kier alpha value is 0.360. The average molecular weight is 567 g/mol. The van der Waals surface area contributed by atoms with Gasteiger partial charge in [0, 0.05) is 4.78 Å². The zero-order valence-corrected chi connectivity index (χ0v) is 20.9. The van der Waals surface area contributed by atoms with Gasteiger partial charge in [-0.1, -0.05) is 113 Å². The number of rotatable bonds is 5. The van der Waals surface area contributed by atoms with Gasteiger partial charge in [-0.25, -0.2) is 0 Å². The van der Waals surface area contributed by atoms with Crippen molar-refractivity contribution in [3.8, 4) is 0 Å². The summed E-state index contributed by atoms with van der Waals surface area (Å²) in [6.45, 7) is -3.48. The molecule has 0 aliphatic heterocycles. The molecule has 0 saturated carbocycles. The first-order valence-corrected chi connectivity index (χ1v) is 18.1. The van der Waals surface area contributed by atoms with E-state index in [9.17, 15) is 0 Å². The van der Waals surface area contributed by atoms with E-state index >= 15 is 0 Å². The number of halogens is 4. The molecule has 0 bridgehead atoms. The number of hydrogen-bond donors (Lipinski definition) is 0. The lowest BCUT2D eigenvalue weighted by Crippen LogP contribution is -2.28. The summed E-state index contributed by atoms with van der Waals surface area (Å²) in [7, 11) is 0. The summed E-state index contributed by atoms with van der Waals surface area (Å²) in [6.07, 6.45) is 0. The highest BCUT2D eigenvalue weighted by atomic mass is 79.9. The third-order valence-electron chi connectivity index (χ3n) is 4.03. The van der Waals surface area contributed by atoms with Gasteiger partial charge in [-0.2, -0.15) is 0 Å². The van der Waals surface area contributed by atoms with Gasteiger partial charge in [0.25, 0.3) is 0 Å². The molecule has 0 radical (unpaired) electrons. The second-order valence-corrected chi connectivity index (χ2v) is 21.3. The molecule has 7 heteroatoms. The third kappa shape index (κ3) is 4.18. The molecule has 0 unspecified atom stereocenters. The SMILES string of the molecule is ClP(Cl)C(P(Br)Br)=P(c1ccccc1)(c1ccccc1)c1ccccc1. The maximum Gasteiger partial charge on any atom is 0.120 e. The number of benzene rings is 3. The van der Waals surface area contributed by atoms with Crippen molar-refractivity contribution >= 4 is 93.0 Å². The summed E-state index contributed by atoms with van der Waals surface area (Å²) >= 11 is 20.9. The first-order valence-electron chi connectivity index (χ1n) is 7.75. The van der Waals surface area contributed by atoms with Gasteiger partial charge >= 0.3 is 0 Å². The molecule has 0 aliphatic carbocycles. The molecule has 3 rings (SSSR count). The van der Waals surface area contributed by atoms with Crippen LogP contribution in [0.25, 0.3) is 0 Å². The van der Waals surface area contributed by atoms with Crippen LogP contribution in [0.5, 0.6) is 0 Å². The van der Waals surface area contributed by atoms with Crippen molar-refractivity contribution in [2.45, 2.75) is 0 Å². The Labute approximate surface area is 182 Å². The van der Waals surface area contributed by atoms with Crippen molar-refractivity contribution < 1.29 is 0 Å². The highest BCUT2D eigenvalue weighted by Gasteiger charge is 2.35. The standard InChI is InChI=1S/C19H15Br2Cl2P3/c20-24(21)19(25(22)23)26(16-10-4-1-5-11-16,17-12-6-2-7-13-17)18-14-8-3-9-15-18/h1-15H. The van der Waals surface area contributed by atoms with Crippen molar-refractivity contribution in [2.75, 3.05) is 0 Å². The molecular weight excluding hydrogens is 552 g/mol. The molecule has 0 N–H and O–H groups in total. The lowest BCUT2D eigenvalue weighted by Gasteiger charge is -2.33. The van der Waals surface area contributed by atoms with Crippen LogP contribution in [-0.2, 0) is 0 Å². The molecule has 0 heterocycles. The Morgan fingerprint density at radius 3 is 1.15 bits per heavy atom. The van der Waals surface area contributed by atoms with E-state index in [0.717, 1.165) is 4.78 Å². The maximum atomic E-state index is 6.65. The van der Waals surface area contributed by atoms with E-state index in [1.165, 1.54) is 15.9 Å². The summed E-state index contributed by atoms with van der Waals surface area (Å²) < 4.78 is 1.16. The van der Waals surface area contributed by atoms with Crippen LogP contribution in [0.4, 0.5) is 0 Å². The molecular formula is C19H15Br2Cl2P3. The predicted molar refractivity (Wildman–Crippen MR) is 134 cm³/mol. The van der Waals surface area contributed by atoms with E-state index in [4.69, 9.17) is 22.5 Å². The first-order chi connectivity index (χ1) is 12.6. The van der Waals surface area contributed by atoms with E-state index in [-0.39, 0.29) is 0 Å². The largest absolute Gasteiger partial charge is 0.120 e. The molecule has 0 fully saturated rings. The van der Waals surface area contributed by atoms with Crippen molar-refractivity contribution in [3.05, 3.63) is 91.0 Å². The minimum Gasteiger partial charge on any atom is -0.0726 e. The van der Waals surface area contributed by atoms with Gasteiger partial charge in [-0.3, -0.25) is 0 Å². The van der Waals surface area contributed by atoms with Crippen molar-refractivity contribution in [2.24, 2.45) is 0 Å². The van der Waals surface area contributed by atoms with Gasteiger partial charge in [0.1, 0.15) is 6.63 Å². The summed E-state index contributed by atoms with van der Waals surface area (Å²) in [5, 5.41) is 2.96. The Balaban J connectivity index is 2.59. The molecule has 3 aromatic rings. The lowest BCUT2D eigenvalue weighted by molar-refractivity contribution is 1.73. The quantitative estimate of drug-likeness (QED) is 0.275. The topological polar surface area (TPSA) is 0 Å². The van der Waals surface area contributed by atoms with Gasteiger partial charge in [0.15, 0.2) is 0 Å². The van der Waals surface area contributed by atoms with Crippen LogP contribution < -0.4 is 15.9 Å². The molecule has 0 saturated heterocycles. The minimum absolute atomic E-state index is 0.806. The fourth-order valence-corrected chi connectivity index (χ4v) is 24.7. The van der Waals surface area contributed by atoms with Crippen LogP contribution in [0.3, 0.4) is 0 Å². The lowest BCUT2D eigenvalue weighted by atomic mass is 10.4. The van der Waals surface area contributed by atoms with Crippen LogP contribution in [0, 0.1) is 0 Å². The molecule has 0 aliphatic rings. The van der Waals surface area contributed by atoms with Crippen LogP contribution in [-0.4, -0.2) is 4.78 Å². The maximum absolute atomic E-state index is 6.65. The van der Waals surface area contributed by atoms with Gasteiger partial charge in [0.2, 0.25) is 0 Å². The first kappa shape index (κ1) is 21.1. The third-order valence-corrected chi connectivity index (χ3v) is 20.5. The smallest absolute Gasteiger partial charge is 0.0726 e. The minimum atomic E-state index is -2.16. The van der Waals surface area contributed by atoms with E-state index in [2.05, 4.69) is 104 Å². The molecule has 0 aromatic heterocycles. The predicted octanol–water partition coefficient (Wildman–Crippen LogP) is 7.96. The van der Waals surface area contributed by atoms with Gasteiger partial charge in [-0.15, -0.1) is 0 Å². The molecule has 0 atom stereocenters.